The smallest absolute Gasteiger partial charge is 0.462 e. The van der Waals surface area contributed by atoms with E-state index in [0.717, 1.165) is 77.0 Å². The van der Waals surface area contributed by atoms with Gasteiger partial charge in [0.15, 0.2) is 6.10 Å². The van der Waals surface area contributed by atoms with E-state index < -0.39 is 26.5 Å². The number of phosphoric acid groups is 1. The molecule has 2 atom stereocenters. The van der Waals surface area contributed by atoms with Gasteiger partial charge in [-0.1, -0.05) is 248 Å². The lowest BCUT2D eigenvalue weighted by atomic mass is 10.0. The minimum atomic E-state index is -4.39. The zero-order chi connectivity index (χ0) is 48.8. The maximum absolute atomic E-state index is 12.7. The van der Waals surface area contributed by atoms with Crippen molar-refractivity contribution < 1.29 is 37.6 Å². The molecule has 0 heterocycles. The Morgan fingerprint density at radius 2 is 0.821 bits per heavy atom. The molecule has 0 amide bonds. The van der Waals surface area contributed by atoms with Crippen LogP contribution in [-0.4, -0.2) is 49.3 Å². The van der Waals surface area contributed by atoms with Crippen molar-refractivity contribution in [2.45, 2.75) is 264 Å². The molecule has 3 N–H and O–H groups in total. The average molecular weight is 962 g/mol. The van der Waals surface area contributed by atoms with Crippen LogP contribution in [0.15, 0.2) is 60.8 Å². The van der Waals surface area contributed by atoms with Gasteiger partial charge >= 0.3 is 19.8 Å². The number of allylic oxidation sites excluding steroid dienone is 10. The molecule has 67 heavy (non-hydrogen) atoms. The monoisotopic (exact) mass is 962 g/mol. The van der Waals surface area contributed by atoms with E-state index in [4.69, 9.17) is 24.3 Å². The second kappa shape index (κ2) is 53.1. The molecule has 0 rings (SSSR count). The van der Waals surface area contributed by atoms with Crippen LogP contribution in [0.25, 0.3) is 0 Å². The number of unbranched alkanes of at least 4 members (excludes halogenated alkanes) is 29. The van der Waals surface area contributed by atoms with Crippen molar-refractivity contribution in [1.82, 2.24) is 0 Å². The van der Waals surface area contributed by atoms with Crippen LogP contribution in [0.2, 0.25) is 0 Å². The molecule has 0 aromatic rings. The highest BCUT2D eigenvalue weighted by molar-refractivity contribution is 7.47. The van der Waals surface area contributed by atoms with Gasteiger partial charge in [0.25, 0.3) is 0 Å². The molecule has 0 aromatic heterocycles. The molecule has 0 spiro atoms. The van der Waals surface area contributed by atoms with Crippen LogP contribution >= 0.6 is 7.82 Å². The third-order valence-electron chi connectivity index (χ3n) is 11.9. The third-order valence-corrected chi connectivity index (χ3v) is 12.9. The van der Waals surface area contributed by atoms with Crippen LogP contribution < -0.4 is 5.73 Å². The van der Waals surface area contributed by atoms with Crippen molar-refractivity contribution >= 4 is 19.8 Å². The number of nitrogens with two attached hydrogens (primary N) is 1. The Morgan fingerprint density at radius 3 is 1.22 bits per heavy atom. The first-order valence-electron chi connectivity index (χ1n) is 27.8. The van der Waals surface area contributed by atoms with Gasteiger partial charge in [-0.15, -0.1) is 0 Å². The van der Waals surface area contributed by atoms with Gasteiger partial charge in [0.1, 0.15) is 6.61 Å². The number of phosphoric ester groups is 1. The Balaban J connectivity index is 4.01. The lowest BCUT2D eigenvalue weighted by Crippen LogP contribution is -2.29. The molecule has 10 heteroatoms. The lowest BCUT2D eigenvalue weighted by molar-refractivity contribution is -0.161. The van der Waals surface area contributed by atoms with Crippen molar-refractivity contribution in [1.29, 1.82) is 0 Å². The minimum absolute atomic E-state index is 0.0515. The van der Waals surface area contributed by atoms with Gasteiger partial charge in [0, 0.05) is 19.4 Å². The van der Waals surface area contributed by atoms with Crippen LogP contribution in [0.1, 0.15) is 258 Å². The molecule has 0 aliphatic rings. The first-order valence-corrected chi connectivity index (χ1v) is 29.3. The van der Waals surface area contributed by atoms with Gasteiger partial charge < -0.3 is 20.1 Å². The number of esters is 2. The van der Waals surface area contributed by atoms with Crippen molar-refractivity contribution in [2.75, 3.05) is 26.4 Å². The summed E-state index contributed by atoms with van der Waals surface area (Å²) in [6.07, 6.45) is 65.5. The van der Waals surface area contributed by atoms with Gasteiger partial charge in [-0.25, -0.2) is 4.57 Å². The van der Waals surface area contributed by atoms with Crippen molar-refractivity contribution in [2.24, 2.45) is 5.73 Å². The second-order valence-corrected chi connectivity index (χ2v) is 19.9. The van der Waals surface area contributed by atoms with E-state index in [1.54, 1.807) is 0 Å². The predicted octanol–water partition coefficient (Wildman–Crippen LogP) is 17.2. The van der Waals surface area contributed by atoms with E-state index >= 15 is 0 Å². The first kappa shape index (κ1) is 64.7. The van der Waals surface area contributed by atoms with Crippen LogP contribution in [0.4, 0.5) is 0 Å². The molecule has 0 fully saturated rings. The summed E-state index contributed by atoms with van der Waals surface area (Å²) >= 11 is 0. The second-order valence-electron chi connectivity index (χ2n) is 18.4. The molecule has 0 radical (unpaired) electrons. The summed E-state index contributed by atoms with van der Waals surface area (Å²) in [6.45, 7) is 3.66. The molecule has 0 aliphatic heterocycles. The zero-order valence-electron chi connectivity index (χ0n) is 43.4. The summed E-state index contributed by atoms with van der Waals surface area (Å²) in [5.74, 6) is -0.826. The number of carbonyl (C=O) groups is 2. The fraction of sp³-hybridized carbons (Fsp3) is 0.789. The standard InChI is InChI=1S/C57H104NO8P/c1-3-5-7-9-11-13-15-17-19-21-23-25-26-27-28-30-32-34-36-38-40-42-44-46-48-50-57(60)66-55(54-65-67(61,62)64-52-51-58)53-63-56(59)49-47-45-43-41-39-37-35-33-31-29-24-22-20-18-16-14-12-10-8-6-4-2/h5,7,11,13,17,19,23,25,27-28,55H,3-4,6,8-10,12,14-16,18,20-22,24,26,29-54,58H2,1-2H3,(H,61,62)/b7-5-,13-11-,19-17-,25-23-,28-27-. The maximum Gasteiger partial charge on any atom is 0.472 e. The SMILES string of the molecule is CC/C=C\C/C=C\C/C=C\C/C=C\C/C=C\CCCCCCCCCCCC(=O)OC(COC(=O)CCCCCCCCCCCCCCCCCCCCCCC)COP(=O)(O)OCCN. The van der Waals surface area contributed by atoms with Crippen molar-refractivity contribution in [3.8, 4) is 0 Å². The molecular formula is C57H104NO8P. The molecule has 2 unspecified atom stereocenters. The fourth-order valence-electron chi connectivity index (χ4n) is 7.84. The molecule has 390 valence electrons. The van der Waals surface area contributed by atoms with Crippen molar-refractivity contribution in [3.05, 3.63) is 60.8 Å². The van der Waals surface area contributed by atoms with Gasteiger partial charge in [0.2, 0.25) is 0 Å². The minimum Gasteiger partial charge on any atom is -0.462 e. The number of hydrogen-bond acceptors (Lipinski definition) is 8. The quantitative estimate of drug-likeness (QED) is 0.0264. The van der Waals surface area contributed by atoms with E-state index in [0.29, 0.717) is 6.42 Å². The number of hydrogen-bond donors (Lipinski definition) is 2. The normalized spacial score (nSPS) is 13.6. The Bertz CT molecular complexity index is 1280. The average Bonchev–Trinajstić information content (AvgIpc) is 3.32. The topological polar surface area (TPSA) is 134 Å². The highest BCUT2D eigenvalue weighted by atomic mass is 31.2. The largest absolute Gasteiger partial charge is 0.472 e. The van der Waals surface area contributed by atoms with E-state index in [2.05, 4.69) is 74.6 Å². The molecule has 0 saturated carbocycles. The van der Waals surface area contributed by atoms with E-state index in [-0.39, 0.29) is 38.6 Å². The number of carbonyl (C=O) groups excluding carboxylic acids is 2. The van der Waals surface area contributed by atoms with Crippen LogP contribution in [0, 0.1) is 0 Å². The van der Waals surface area contributed by atoms with E-state index in [1.807, 2.05) is 0 Å². The summed E-state index contributed by atoms with van der Waals surface area (Å²) in [7, 11) is -4.39. The summed E-state index contributed by atoms with van der Waals surface area (Å²) < 4.78 is 33.0. The predicted molar refractivity (Wildman–Crippen MR) is 284 cm³/mol. The Labute approximate surface area is 412 Å². The maximum atomic E-state index is 12.7. The summed E-state index contributed by atoms with van der Waals surface area (Å²) in [5, 5.41) is 0. The molecule has 9 nitrogen and oxygen atoms in total. The highest BCUT2D eigenvalue weighted by Gasteiger charge is 2.26. The first-order chi connectivity index (χ1) is 32.8. The van der Waals surface area contributed by atoms with E-state index in [1.165, 1.54) is 148 Å². The molecular weight excluding hydrogens is 858 g/mol. The van der Waals surface area contributed by atoms with E-state index in [9.17, 15) is 19.0 Å². The van der Waals surface area contributed by atoms with Gasteiger partial charge in [-0.2, -0.15) is 0 Å². The Morgan fingerprint density at radius 1 is 0.463 bits per heavy atom. The third kappa shape index (κ3) is 52.9. The molecule has 0 aliphatic carbocycles. The summed E-state index contributed by atoms with van der Waals surface area (Å²) in [6, 6.07) is 0. The van der Waals surface area contributed by atoms with Crippen LogP contribution in [-0.2, 0) is 32.7 Å². The van der Waals surface area contributed by atoms with Gasteiger partial charge in [-0.05, 0) is 57.8 Å². The van der Waals surface area contributed by atoms with Gasteiger partial charge in [-0.3, -0.25) is 18.6 Å². The molecule has 0 bridgehead atoms. The molecule has 0 aromatic carbocycles. The Kier molecular flexibility index (Phi) is 51.3. The summed E-state index contributed by atoms with van der Waals surface area (Å²) in [5.41, 5.74) is 5.38. The lowest BCUT2D eigenvalue weighted by Gasteiger charge is -2.19. The van der Waals surface area contributed by atoms with Crippen LogP contribution in [0.3, 0.4) is 0 Å². The number of ether oxygens (including phenoxy) is 2. The van der Waals surface area contributed by atoms with Crippen molar-refractivity contribution in [3.63, 3.8) is 0 Å². The number of rotatable bonds is 52. The highest BCUT2D eigenvalue weighted by Crippen LogP contribution is 2.43. The Hall–Kier alpha value is -2.29. The van der Waals surface area contributed by atoms with Crippen LogP contribution in [0.5, 0.6) is 0 Å². The zero-order valence-corrected chi connectivity index (χ0v) is 44.3. The fourth-order valence-corrected chi connectivity index (χ4v) is 8.61. The van der Waals surface area contributed by atoms with Gasteiger partial charge in [0.05, 0.1) is 13.2 Å². The summed E-state index contributed by atoms with van der Waals surface area (Å²) in [4.78, 5) is 35.1. The molecule has 0 saturated heterocycles.